The summed E-state index contributed by atoms with van der Waals surface area (Å²) in [5.41, 5.74) is 2.79. The molecular weight excluding hydrogens is 498 g/mol. The number of rotatable bonds is 6. The van der Waals surface area contributed by atoms with Crippen molar-refractivity contribution in [1.82, 2.24) is 5.01 Å². The molecule has 2 aliphatic heterocycles. The van der Waals surface area contributed by atoms with Gasteiger partial charge in [0, 0.05) is 18.5 Å². The Balaban J connectivity index is 1.35. The summed E-state index contributed by atoms with van der Waals surface area (Å²) < 4.78 is 32.3. The number of halogens is 2. The number of hydrogen-bond acceptors (Lipinski definition) is 6. The summed E-state index contributed by atoms with van der Waals surface area (Å²) in [4.78, 5) is 29.4. The number of benzene rings is 3. The molecule has 10 heteroatoms. The topological polar surface area (TPSA) is 83.4 Å². The quantitative estimate of drug-likeness (QED) is 0.486. The van der Waals surface area contributed by atoms with E-state index in [4.69, 9.17) is 9.84 Å². The number of amidine groups is 1. The molecule has 3 aromatic rings. The molecule has 2 aliphatic rings. The van der Waals surface area contributed by atoms with Crippen molar-refractivity contribution in [3.05, 3.63) is 95.6 Å². The van der Waals surface area contributed by atoms with Gasteiger partial charge in [-0.3, -0.25) is 9.59 Å². The highest BCUT2D eigenvalue weighted by Gasteiger charge is 2.39. The van der Waals surface area contributed by atoms with E-state index in [1.165, 1.54) is 30.3 Å². The fourth-order valence-corrected chi connectivity index (χ4v) is 5.20. The number of hydrazone groups is 1. The minimum atomic E-state index is -0.738. The number of thioether (sulfide) groups is 1. The van der Waals surface area contributed by atoms with Crippen LogP contribution in [0, 0.1) is 11.6 Å². The molecule has 0 fully saturated rings. The van der Waals surface area contributed by atoms with Crippen LogP contribution in [-0.4, -0.2) is 40.1 Å². The third-order valence-corrected chi connectivity index (χ3v) is 7.13. The Labute approximate surface area is 216 Å². The fraction of sp³-hybridized carbons (Fsp3) is 0.185. The summed E-state index contributed by atoms with van der Waals surface area (Å²) in [6, 6.07) is 18.8. The first kappa shape index (κ1) is 24.6. The first-order valence-corrected chi connectivity index (χ1v) is 12.4. The van der Waals surface area contributed by atoms with Crippen LogP contribution in [0.1, 0.15) is 30.0 Å². The predicted molar refractivity (Wildman–Crippen MR) is 139 cm³/mol. The Morgan fingerprint density at radius 1 is 1.08 bits per heavy atom. The Morgan fingerprint density at radius 2 is 1.84 bits per heavy atom. The summed E-state index contributed by atoms with van der Waals surface area (Å²) >= 11 is 1.15. The monoisotopic (exact) mass is 520 g/mol. The third-order valence-electron chi connectivity index (χ3n) is 5.99. The van der Waals surface area contributed by atoms with Gasteiger partial charge < -0.3 is 10.1 Å². The van der Waals surface area contributed by atoms with Gasteiger partial charge in [0.25, 0.3) is 5.91 Å². The average molecular weight is 521 g/mol. The van der Waals surface area contributed by atoms with E-state index in [1.54, 1.807) is 30.3 Å². The van der Waals surface area contributed by atoms with Crippen molar-refractivity contribution in [3.63, 3.8) is 0 Å². The predicted octanol–water partition coefficient (Wildman–Crippen LogP) is 5.15. The lowest BCUT2D eigenvalue weighted by molar-refractivity contribution is -0.121. The van der Waals surface area contributed by atoms with Crippen LogP contribution in [0.3, 0.4) is 0 Å². The van der Waals surface area contributed by atoms with Crippen molar-refractivity contribution < 1.29 is 23.1 Å². The van der Waals surface area contributed by atoms with Gasteiger partial charge in [-0.1, -0.05) is 30.0 Å². The lowest BCUT2D eigenvalue weighted by Gasteiger charge is -2.23. The van der Waals surface area contributed by atoms with Crippen molar-refractivity contribution in [1.29, 1.82) is 0 Å². The highest BCUT2D eigenvalue weighted by atomic mass is 32.2. The van der Waals surface area contributed by atoms with Crippen LogP contribution in [0.4, 0.5) is 14.5 Å². The van der Waals surface area contributed by atoms with E-state index >= 15 is 0 Å². The van der Waals surface area contributed by atoms with Crippen molar-refractivity contribution in [3.8, 4) is 5.75 Å². The van der Waals surface area contributed by atoms with Gasteiger partial charge >= 0.3 is 0 Å². The number of amides is 2. The average Bonchev–Trinajstić information content (AvgIpc) is 3.48. The van der Waals surface area contributed by atoms with Gasteiger partial charge in [-0.25, -0.2) is 13.8 Å². The Bertz CT molecular complexity index is 1390. The number of anilines is 1. The van der Waals surface area contributed by atoms with E-state index in [-0.39, 0.29) is 18.3 Å². The molecule has 1 N–H and O–H groups in total. The second-order valence-corrected chi connectivity index (χ2v) is 9.66. The largest absolute Gasteiger partial charge is 0.497 e. The smallest absolute Gasteiger partial charge is 0.262 e. The molecule has 2 amide bonds. The lowest BCUT2D eigenvalue weighted by Crippen LogP contribution is -2.25. The molecule has 37 heavy (non-hydrogen) atoms. The molecule has 0 aliphatic carbocycles. The first-order chi connectivity index (χ1) is 17.9. The number of nitrogens with zero attached hydrogens (tertiary/aromatic N) is 3. The normalized spacial score (nSPS) is 19.0. The van der Waals surface area contributed by atoms with Crippen molar-refractivity contribution in [2.45, 2.75) is 24.1 Å². The van der Waals surface area contributed by atoms with Gasteiger partial charge in [-0.15, -0.1) is 0 Å². The number of methoxy groups -OCH3 is 1. The second kappa shape index (κ2) is 10.5. The Kier molecular flexibility index (Phi) is 7.00. The zero-order valence-corrected chi connectivity index (χ0v) is 20.5. The van der Waals surface area contributed by atoms with E-state index in [2.05, 4.69) is 10.3 Å². The molecule has 5 rings (SSSR count). The van der Waals surface area contributed by atoms with E-state index in [9.17, 15) is 18.4 Å². The zero-order valence-electron chi connectivity index (χ0n) is 19.7. The van der Waals surface area contributed by atoms with Crippen molar-refractivity contribution in [2.24, 2.45) is 10.1 Å². The minimum absolute atomic E-state index is 0.128. The van der Waals surface area contributed by atoms with Crippen LogP contribution in [0.15, 0.2) is 82.9 Å². The standard InChI is InChI=1S/C27H22F2N4O3S/c1-36-21-11-7-16(8-12-21)22-14-23(17-5-9-18(28)10-6-17)33(32-22)27-31-26(35)24(37-27)15-25(34)30-20-4-2-3-19(29)13-20/h2-13,23-24H,14-15H2,1H3,(H,30,34). The van der Waals surface area contributed by atoms with E-state index in [1.807, 2.05) is 24.3 Å². The van der Waals surface area contributed by atoms with Gasteiger partial charge in [0.05, 0.1) is 18.9 Å². The molecule has 0 bridgehead atoms. The summed E-state index contributed by atoms with van der Waals surface area (Å²) in [5.74, 6) is -0.972. The van der Waals surface area contributed by atoms with Crippen LogP contribution in [0.5, 0.6) is 5.75 Å². The van der Waals surface area contributed by atoms with E-state index in [0.717, 1.165) is 34.3 Å². The number of hydrogen-bond donors (Lipinski definition) is 1. The second-order valence-electron chi connectivity index (χ2n) is 8.49. The van der Waals surface area contributed by atoms with E-state index in [0.29, 0.717) is 17.3 Å². The first-order valence-electron chi connectivity index (χ1n) is 11.5. The van der Waals surface area contributed by atoms with Gasteiger partial charge in [0.15, 0.2) is 5.17 Å². The number of nitrogens with one attached hydrogen (secondary N) is 1. The molecule has 0 saturated heterocycles. The minimum Gasteiger partial charge on any atom is -0.497 e. The highest BCUT2D eigenvalue weighted by Crippen LogP contribution is 2.38. The van der Waals surface area contributed by atoms with Gasteiger partial charge in [0.2, 0.25) is 5.91 Å². The summed E-state index contributed by atoms with van der Waals surface area (Å²) in [6.45, 7) is 0. The summed E-state index contributed by atoms with van der Waals surface area (Å²) in [6.07, 6.45) is 0.383. The van der Waals surface area contributed by atoms with E-state index < -0.39 is 22.9 Å². The number of aliphatic imine (C=N–C) groups is 1. The lowest BCUT2D eigenvalue weighted by atomic mass is 9.98. The SMILES string of the molecule is COc1ccc(C2=NN(C3=NC(=O)C(CC(=O)Nc4cccc(F)c4)S3)C(c3ccc(F)cc3)C2)cc1. The molecule has 2 unspecified atom stereocenters. The number of carbonyl (C=O) groups is 2. The maximum atomic E-state index is 13.6. The molecule has 0 saturated carbocycles. The van der Waals surface area contributed by atoms with Crippen LogP contribution >= 0.6 is 11.8 Å². The molecule has 188 valence electrons. The van der Waals surface area contributed by atoms with Crippen LogP contribution in [0.2, 0.25) is 0 Å². The molecule has 0 spiro atoms. The molecule has 2 heterocycles. The molecule has 2 atom stereocenters. The Morgan fingerprint density at radius 3 is 2.54 bits per heavy atom. The fourth-order valence-electron chi connectivity index (χ4n) is 4.14. The van der Waals surface area contributed by atoms with Gasteiger partial charge in [-0.2, -0.15) is 10.1 Å². The molecule has 0 radical (unpaired) electrons. The Hall–Kier alpha value is -4.05. The van der Waals surface area contributed by atoms with Crippen LogP contribution in [0.25, 0.3) is 0 Å². The van der Waals surface area contributed by atoms with Gasteiger partial charge in [-0.05, 0) is 65.7 Å². The van der Waals surface area contributed by atoms with Crippen molar-refractivity contribution in [2.75, 3.05) is 12.4 Å². The molecule has 0 aromatic heterocycles. The summed E-state index contributed by atoms with van der Waals surface area (Å²) in [5, 5.41) is 8.68. The molecule has 7 nitrogen and oxygen atoms in total. The number of carbonyl (C=O) groups excluding carboxylic acids is 2. The summed E-state index contributed by atoms with van der Waals surface area (Å²) in [7, 11) is 1.59. The van der Waals surface area contributed by atoms with Crippen LogP contribution in [-0.2, 0) is 9.59 Å². The maximum Gasteiger partial charge on any atom is 0.262 e. The van der Waals surface area contributed by atoms with Crippen molar-refractivity contribution >= 4 is 40.1 Å². The molecular formula is C27H22F2N4O3S. The third kappa shape index (κ3) is 5.54. The molecule has 3 aromatic carbocycles. The highest BCUT2D eigenvalue weighted by molar-refractivity contribution is 8.15. The van der Waals surface area contributed by atoms with Crippen LogP contribution < -0.4 is 10.1 Å². The maximum absolute atomic E-state index is 13.6. The zero-order chi connectivity index (χ0) is 25.9. The number of ether oxygens (including phenoxy) is 1. The van der Waals surface area contributed by atoms with Gasteiger partial charge in [0.1, 0.15) is 22.6 Å².